The van der Waals surface area contributed by atoms with Gasteiger partial charge in [-0.25, -0.2) is 4.79 Å². The van der Waals surface area contributed by atoms with Crippen molar-refractivity contribution in [3.05, 3.63) is 53.1 Å². The number of amides is 1. The van der Waals surface area contributed by atoms with E-state index >= 15 is 0 Å². The molecule has 0 radical (unpaired) electrons. The van der Waals surface area contributed by atoms with Gasteiger partial charge in [-0.2, -0.15) is 0 Å². The Hall–Kier alpha value is -3.68. The van der Waals surface area contributed by atoms with Crippen molar-refractivity contribution < 1.29 is 33.4 Å². The molecular formula is C20H19NO7. The Kier molecular flexibility index (Phi) is 6.86. The first-order valence-electron chi connectivity index (χ1n) is 8.19. The molecule has 0 heterocycles. The third-order valence-corrected chi connectivity index (χ3v) is 3.82. The minimum atomic E-state index is -0.903. The fraction of sp³-hybridized carbons (Fsp3) is 0.200. The van der Waals surface area contributed by atoms with Gasteiger partial charge in [0.25, 0.3) is 5.91 Å². The predicted molar refractivity (Wildman–Crippen MR) is 100 cm³/mol. The van der Waals surface area contributed by atoms with Crippen molar-refractivity contribution in [3.63, 3.8) is 0 Å². The summed E-state index contributed by atoms with van der Waals surface area (Å²) in [5.41, 5.74) is 0.868. The Labute approximate surface area is 161 Å². The van der Waals surface area contributed by atoms with Crippen molar-refractivity contribution in [1.29, 1.82) is 0 Å². The lowest BCUT2D eigenvalue weighted by Crippen LogP contribution is -2.22. The van der Waals surface area contributed by atoms with Crippen molar-refractivity contribution in [2.24, 2.45) is 0 Å². The Morgan fingerprint density at radius 2 is 1.68 bits per heavy atom. The quantitative estimate of drug-likeness (QED) is 0.422. The summed E-state index contributed by atoms with van der Waals surface area (Å²) in [6.07, 6.45) is 0.481. The van der Waals surface area contributed by atoms with E-state index in [4.69, 9.17) is 14.2 Å². The van der Waals surface area contributed by atoms with Crippen LogP contribution in [0.2, 0.25) is 0 Å². The first-order valence-corrected chi connectivity index (χ1v) is 8.19. The molecule has 0 aromatic heterocycles. The monoisotopic (exact) mass is 385 g/mol. The Morgan fingerprint density at radius 1 is 1.00 bits per heavy atom. The molecule has 0 fully saturated rings. The van der Waals surface area contributed by atoms with Crippen LogP contribution < -0.4 is 14.8 Å². The summed E-state index contributed by atoms with van der Waals surface area (Å²) in [4.78, 5) is 46.9. The summed E-state index contributed by atoms with van der Waals surface area (Å²) in [7, 11) is 2.71. The van der Waals surface area contributed by atoms with Crippen LogP contribution in [0.5, 0.6) is 11.5 Å². The number of Topliss-reactive ketones (excluding diaryl/α,β-unsaturated/α-hetero) is 1. The summed E-state index contributed by atoms with van der Waals surface area (Å²) in [5.74, 6) is -1.30. The van der Waals surface area contributed by atoms with Crippen molar-refractivity contribution >= 4 is 29.6 Å². The maximum Gasteiger partial charge on any atom is 0.343 e. The van der Waals surface area contributed by atoms with Crippen LogP contribution in [-0.2, 0) is 9.53 Å². The van der Waals surface area contributed by atoms with Crippen LogP contribution in [0.25, 0.3) is 0 Å². The number of methoxy groups -OCH3 is 2. The minimum Gasteiger partial charge on any atom is -0.493 e. The zero-order valence-electron chi connectivity index (χ0n) is 15.6. The number of carbonyl (C=O) groups excluding carboxylic acids is 4. The van der Waals surface area contributed by atoms with Crippen LogP contribution >= 0.6 is 0 Å². The molecule has 146 valence electrons. The molecule has 1 N–H and O–H groups in total. The first kappa shape index (κ1) is 20.6. The number of hydrogen-bond donors (Lipinski definition) is 1. The zero-order chi connectivity index (χ0) is 20.7. The second kappa shape index (κ2) is 9.31. The molecule has 2 aromatic rings. The maximum absolute atomic E-state index is 12.4. The van der Waals surface area contributed by atoms with Crippen molar-refractivity contribution in [3.8, 4) is 11.5 Å². The van der Waals surface area contributed by atoms with Crippen LogP contribution in [0.1, 0.15) is 38.0 Å². The molecule has 0 aliphatic heterocycles. The molecule has 2 rings (SSSR count). The van der Waals surface area contributed by atoms with Gasteiger partial charge in [-0.1, -0.05) is 0 Å². The minimum absolute atomic E-state index is 0.0392. The topological polar surface area (TPSA) is 108 Å². The highest BCUT2D eigenvalue weighted by molar-refractivity contribution is 6.03. The number of nitrogens with one attached hydrogen (secondary N) is 1. The number of hydrogen-bond acceptors (Lipinski definition) is 7. The fourth-order valence-corrected chi connectivity index (χ4v) is 2.44. The maximum atomic E-state index is 12.4. The summed E-state index contributed by atoms with van der Waals surface area (Å²) < 4.78 is 15.3. The highest BCUT2D eigenvalue weighted by atomic mass is 16.5. The third kappa shape index (κ3) is 4.73. The lowest BCUT2D eigenvalue weighted by atomic mass is 10.1. The molecule has 0 aliphatic carbocycles. The molecular weight excluding hydrogens is 366 g/mol. The molecule has 0 saturated carbocycles. The van der Waals surface area contributed by atoms with E-state index in [9.17, 15) is 19.2 Å². The number of rotatable bonds is 8. The van der Waals surface area contributed by atoms with Crippen LogP contribution in [0.3, 0.4) is 0 Å². The second-order valence-corrected chi connectivity index (χ2v) is 5.64. The van der Waals surface area contributed by atoms with Gasteiger partial charge in [-0.15, -0.1) is 0 Å². The Balaban J connectivity index is 2.08. The van der Waals surface area contributed by atoms with E-state index in [0.717, 1.165) is 0 Å². The molecule has 0 atom stereocenters. The van der Waals surface area contributed by atoms with Crippen molar-refractivity contribution in [2.75, 3.05) is 26.1 Å². The molecule has 0 aliphatic rings. The molecule has 0 saturated heterocycles. The Morgan fingerprint density at radius 3 is 2.21 bits per heavy atom. The lowest BCUT2D eigenvalue weighted by molar-refractivity contribution is -0.119. The number of ether oxygens (including phenoxy) is 3. The van der Waals surface area contributed by atoms with E-state index in [-0.39, 0.29) is 28.4 Å². The average Bonchev–Trinajstić information content (AvgIpc) is 2.71. The average molecular weight is 385 g/mol. The van der Waals surface area contributed by atoms with Crippen molar-refractivity contribution in [2.45, 2.75) is 6.92 Å². The van der Waals surface area contributed by atoms with E-state index < -0.39 is 18.5 Å². The van der Waals surface area contributed by atoms with E-state index in [1.807, 2.05) is 0 Å². The van der Waals surface area contributed by atoms with Gasteiger partial charge in [0, 0.05) is 16.8 Å². The number of anilines is 1. The largest absolute Gasteiger partial charge is 0.493 e. The number of benzene rings is 2. The molecule has 0 bridgehead atoms. The molecule has 8 nitrogen and oxygen atoms in total. The Bertz CT molecular complexity index is 904. The van der Waals surface area contributed by atoms with Crippen molar-refractivity contribution in [1.82, 2.24) is 0 Å². The van der Waals surface area contributed by atoms with Gasteiger partial charge >= 0.3 is 5.97 Å². The van der Waals surface area contributed by atoms with Crippen LogP contribution in [0, 0.1) is 0 Å². The highest BCUT2D eigenvalue weighted by Gasteiger charge is 2.23. The highest BCUT2D eigenvalue weighted by Crippen LogP contribution is 2.33. The van der Waals surface area contributed by atoms with Gasteiger partial charge in [-0.3, -0.25) is 14.4 Å². The number of carbonyl (C=O) groups is 4. The number of aldehydes is 1. The van der Waals surface area contributed by atoms with Crippen LogP contribution in [0.15, 0.2) is 36.4 Å². The van der Waals surface area contributed by atoms with Gasteiger partial charge in [0.1, 0.15) is 5.56 Å². The lowest BCUT2D eigenvalue weighted by Gasteiger charge is -2.14. The molecule has 0 unspecified atom stereocenters. The van der Waals surface area contributed by atoms with Crippen LogP contribution in [-0.4, -0.2) is 44.8 Å². The normalized spacial score (nSPS) is 9.96. The van der Waals surface area contributed by atoms with Gasteiger partial charge in [0.2, 0.25) is 0 Å². The van der Waals surface area contributed by atoms with Gasteiger partial charge in [0.05, 0.1) is 14.2 Å². The predicted octanol–water partition coefficient (Wildman–Crippen LogP) is 2.51. The molecule has 2 aromatic carbocycles. The standard InChI is InChI=1S/C20H19NO7/c1-12(23)13-4-7-15(8-5-13)21-17(24)11-28-20(25)18-14(10-22)6-9-16(26-2)19(18)27-3/h4-10H,11H2,1-3H3,(H,21,24). The van der Waals surface area contributed by atoms with Crippen LogP contribution in [0.4, 0.5) is 5.69 Å². The second-order valence-electron chi connectivity index (χ2n) is 5.64. The van der Waals surface area contributed by atoms with E-state index in [2.05, 4.69) is 5.32 Å². The zero-order valence-corrected chi connectivity index (χ0v) is 15.6. The van der Waals surface area contributed by atoms with E-state index in [1.54, 1.807) is 24.3 Å². The molecule has 28 heavy (non-hydrogen) atoms. The molecule has 8 heteroatoms. The number of ketones is 1. The summed E-state index contributed by atoms with van der Waals surface area (Å²) in [6, 6.07) is 9.14. The summed E-state index contributed by atoms with van der Waals surface area (Å²) in [5, 5.41) is 2.54. The number of esters is 1. The van der Waals surface area contributed by atoms with E-state index in [1.165, 1.54) is 33.3 Å². The summed E-state index contributed by atoms with van der Waals surface area (Å²) >= 11 is 0. The fourth-order valence-electron chi connectivity index (χ4n) is 2.44. The smallest absolute Gasteiger partial charge is 0.343 e. The molecule has 0 spiro atoms. The van der Waals surface area contributed by atoms with Gasteiger partial charge in [0.15, 0.2) is 30.2 Å². The SMILES string of the molecule is COc1ccc(C=O)c(C(=O)OCC(=O)Nc2ccc(C(C)=O)cc2)c1OC. The van der Waals surface area contributed by atoms with Gasteiger partial charge in [-0.05, 0) is 43.3 Å². The molecule has 1 amide bonds. The van der Waals surface area contributed by atoms with Gasteiger partial charge < -0.3 is 19.5 Å². The third-order valence-electron chi connectivity index (χ3n) is 3.82. The summed E-state index contributed by atoms with van der Waals surface area (Å²) in [6.45, 7) is 0.861. The first-order chi connectivity index (χ1) is 13.4. The van der Waals surface area contributed by atoms with E-state index in [0.29, 0.717) is 17.5 Å².